The van der Waals surface area contributed by atoms with Crippen molar-refractivity contribution in [3.63, 3.8) is 0 Å². The van der Waals surface area contributed by atoms with Gasteiger partial charge in [0.05, 0.1) is 0 Å². The molecule has 0 heterocycles. The lowest BCUT2D eigenvalue weighted by Gasteiger charge is -2.18. The summed E-state index contributed by atoms with van der Waals surface area (Å²) in [7, 11) is 0. The minimum atomic E-state index is 0.271. The number of halogens is 1. The maximum absolute atomic E-state index is 6.07. The lowest BCUT2D eigenvalue weighted by molar-refractivity contribution is 0.538. The van der Waals surface area contributed by atoms with Gasteiger partial charge in [-0.2, -0.15) is 0 Å². The molecule has 3 rings (SSSR count). The summed E-state index contributed by atoms with van der Waals surface area (Å²) in [5.41, 5.74) is 3.92. The van der Waals surface area contributed by atoms with E-state index in [1.807, 2.05) is 12.1 Å². The molecule has 30 heavy (non-hydrogen) atoms. The second-order valence-corrected chi connectivity index (χ2v) is 7.85. The van der Waals surface area contributed by atoms with Gasteiger partial charge < -0.3 is 5.32 Å². The van der Waals surface area contributed by atoms with E-state index < -0.39 is 0 Å². The van der Waals surface area contributed by atoms with Crippen LogP contribution in [0, 0.1) is 0 Å². The molecule has 0 bridgehead atoms. The summed E-state index contributed by atoms with van der Waals surface area (Å²) in [5.74, 6) is 0. The minimum Gasteiger partial charge on any atom is -0.306 e. The number of unbranched alkanes of at least 4 members (excludes halogenated alkanes) is 1. The van der Waals surface area contributed by atoms with E-state index >= 15 is 0 Å². The van der Waals surface area contributed by atoms with Crippen molar-refractivity contribution in [3.05, 3.63) is 131 Å². The molecule has 0 saturated carbocycles. The second-order valence-electron chi connectivity index (χ2n) is 7.42. The van der Waals surface area contributed by atoms with Crippen LogP contribution in [0.5, 0.6) is 0 Å². The molecular weight excluding hydrogens is 386 g/mol. The van der Waals surface area contributed by atoms with Gasteiger partial charge in [0, 0.05) is 17.6 Å². The van der Waals surface area contributed by atoms with E-state index in [9.17, 15) is 0 Å². The third-order valence-electron chi connectivity index (χ3n) is 5.07. The Bertz CT molecular complexity index is 898. The van der Waals surface area contributed by atoms with Gasteiger partial charge in [0.2, 0.25) is 0 Å². The van der Waals surface area contributed by atoms with E-state index in [0.29, 0.717) is 0 Å². The molecular formula is C28H30ClN. The molecule has 154 valence electrons. The summed E-state index contributed by atoms with van der Waals surface area (Å²) >= 11 is 6.07. The topological polar surface area (TPSA) is 12.0 Å². The first-order chi connectivity index (χ1) is 14.8. The van der Waals surface area contributed by atoms with E-state index in [-0.39, 0.29) is 6.04 Å². The van der Waals surface area contributed by atoms with E-state index in [2.05, 4.69) is 102 Å². The highest BCUT2D eigenvalue weighted by Crippen LogP contribution is 2.21. The molecule has 3 aromatic rings. The molecule has 3 aromatic carbocycles. The first-order valence-electron chi connectivity index (χ1n) is 10.7. The molecule has 0 spiro atoms. The van der Waals surface area contributed by atoms with Gasteiger partial charge in [-0.25, -0.2) is 0 Å². The largest absolute Gasteiger partial charge is 0.306 e. The fourth-order valence-corrected chi connectivity index (χ4v) is 3.49. The van der Waals surface area contributed by atoms with Crippen molar-refractivity contribution < 1.29 is 0 Å². The molecule has 0 aliphatic carbocycles. The Hall–Kier alpha value is -2.61. The fraction of sp³-hybridized carbons (Fsp3) is 0.214. The Balaban J connectivity index is 1.46. The quantitative estimate of drug-likeness (QED) is 0.250. The van der Waals surface area contributed by atoms with E-state index in [1.54, 1.807) is 0 Å². The third-order valence-corrected chi connectivity index (χ3v) is 5.32. The Labute approximate surface area is 186 Å². The van der Waals surface area contributed by atoms with Crippen LogP contribution in [0.2, 0.25) is 5.02 Å². The van der Waals surface area contributed by atoms with Crippen molar-refractivity contribution in [2.45, 2.75) is 38.3 Å². The second kappa shape index (κ2) is 12.8. The summed E-state index contributed by atoms with van der Waals surface area (Å²) in [5, 5.41) is 4.47. The molecule has 1 N–H and O–H groups in total. The van der Waals surface area contributed by atoms with Crippen molar-refractivity contribution in [1.82, 2.24) is 5.32 Å². The van der Waals surface area contributed by atoms with Crippen molar-refractivity contribution in [2.75, 3.05) is 0 Å². The molecule has 0 aliphatic rings. The third kappa shape index (κ3) is 8.02. The summed E-state index contributed by atoms with van der Waals surface area (Å²) in [6, 6.07) is 29.6. The number of rotatable bonds is 11. The first kappa shape index (κ1) is 22.1. The van der Waals surface area contributed by atoms with Gasteiger partial charge in [-0.05, 0) is 54.5 Å². The van der Waals surface area contributed by atoms with Gasteiger partial charge in [-0.15, -0.1) is 0 Å². The van der Waals surface area contributed by atoms with Crippen LogP contribution in [-0.4, -0.2) is 0 Å². The van der Waals surface area contributed by atoms with Crippen molar-refractivity contribution in [3.8, 4) is 0 Å². The van der Waals surface area contributed by atoms with Crippen molar-refractivity contribution in [1.29, 1.82) is 0 Å². The maximum atomic E-state index is 6.07. The normalized spacial score (nSPS) is 12.6. The highest BCUT2D eigenvalue weighted by atomic mass is 35.5. The zero-order chi connectivity index (χ0) is 20.9. The minimum absolute atomic E-state index is 0.271. The van der Waals surface area contributed by atoms with Gasteiger partial charge >= 0.3 is 0 Å². The van der Waals surface area contributed by atoms with Crippen LogP contribution in [0.4, 0.5) is 0 Å². The highest BCUT2D eigenvalue weighted by Gasteiger charge is 2.09. The zero-order valence-corrected chi connectivity index (χ0v) is 18.1. The summed E-state index contributed by atoms with van der Waals surface area (Å²) in [4.78, 5) is 0. The summed E-state index contributed by atoms with van der Waals surface area (Å²) < 4.78 is 0. The molecule has 0 fully saturated rings. The molecule has 1 nitrogen and oxygen atoms in total. The van der Waals surface area contributed by atoms with Gasteiger partial charge in [-0.3, -0.25) is 0 Å². The molecule has 0 aliphatic heterocycles. The van der Waals surface area contributed by atoms with Gasteiger partial charge in [0.1, 0.15) is 0 Å². The van der Waals surface area contributed by atoms with Crippen LogP contribution in [0.1, 0.15) is 42.0 Å². The monoisotopic (exact) mass is 415 g/mol. The SMILES string of the molecule is Clc1ccc(C(C/C=C/CC/C=C/Cc2ccccc2)NCc2ccccc2)cc1. The van der Waals surface area contributed by atoms with Gasteiger partial charge in [0.15, 0.2) is 0 Å². The Morgan fingerprint density at radius 2 is 1.27 bits per heavy atom. The Kier molecular flexibility index (Phi) is 9.46. The van der Waals surface area contributed by atoms with Crippen LogP contribution in [-0.2, 0) is 13.0 Å². The molecule has 0 amide bonds. The maximum Gasteiger partial charge on any atom is 0.0406 e. The average Bonchev–Trinajstić information content (AvgIpc) is 2.79. The van der Waals surface area contributed by atoms with Crippen LogP contribution < -0.4 is 5.32 Å². The number of hydrogen-bond acceptors (Lipinski definition) is 1. The lowest BCUT2D eigenvalue weighted by atomic mass is 10.0. The van der Waals surface area contributed by atoms with Crippen LogP contribution in [0.25, 0.3) is 0 Å². The Morgan fingerprint density at radius 3 is 1.93 bits per heavy atom. The molecule has 0 radical (unpaired) electrons. The molecule has 0 saturated heterocycles. The van der Waals surface area contributed by atoms with E-state index in [1.165, 1.54) is 16.7 Å². The Morgan fingerprint density at radius 1 is 0.667 bits per heavy atom. The zero-order valence-electron chi connectivity index (χ0n) is 17.4. The molecule has 1 atom stereocenters. The number of benzene rings is 3. The molecule has 1 unspecified atom stereocenters. The number of nitrogens with one attached hydrogen (secondary N) is 1. The predicted octanol–water partition coefficient (Wildman–Crippen LogP) is 7.70. The smallest absolute Gasteiger partial charge is 0.0406 e. The van der Waals surface area contributed by atoms with Crippen LogP contribution >= 0.6 is 11.6 Å². The average molecular weight is 416 g/mol. The molecule has 2 heteroatoms. The van der Waals surface area contributed by atoms with Gasteiger partial charge in [-0.1, -0.05) is 109 Å². The molecule has 0 aromatic heterocycles. The van der Waals surface area contributed by atoms with Crippen molar-refractivity contribution in [2.24, 2.45) is 0 Å². The highest BCUT2D eigenvalue weighted by molar-refractivity contribution is 6.30. The van der Waals surface area contributed by atoms with Crippen LogP contribution in [0.15, 0.2) is 109 Å². The van der Waals surface area contributed by atoms with E-state index in [0.717, 1.165) is 37.3 Å². The van der Waals surface area contributed by atoms with Crippen LogP contribution in [0.3, 0.4) is 0 Å². The van der Waals surface area contributed by atoms with Crippen molar-refractivity contribution >= 4 is 11.6 Å². The summed E-state index contributed by atoms with van der Waals surface area (Å²) in [6.45, 7) is 0.851. The lowest BCUT2D eigenvalue weighted by Crippen LogP contribution is -2.20. The van der Waals surface area contributed by atoms with Gasteiger partial charge in [0.25, 0.3) is 0 Å². The number of allylic oxidation sites excluding steroid dienone is 3. The predicted molar refractivity (Wildman–Crippen MR) is 130 cm³/mol. The van der Waals surface area contributed by atoms with E-state index in [4.69, 9.17) is 11.6 Å². The fourth-order valence-electron chi connectivity index (χ4n) is 3.36. The number of hydrogen-bond donors (Lipinski definition) is 1. The summed E-state index contributed by atoms with van der Waals surface area (Å²) in [6.07, 6.45) is 13.2. The standard InChI is InChI=1S/C28H30ClN/c29-27-21-19-26(20-22-27)28(30-23-25-16-10-6-11-17-25)18-12-4-2-1-3-7-13-24-14-8-5-9-15-24/h3-12,14-17,19-22,28,30H,1-2,13,18,23H2/b7-3+,12-4+. The first-order valence-corrected chi connectivity index (χ1v) is 11.1.